The van der Waals surface area contributed by atoms with E-state index in [-0.39, 0.29) is 6.47 Å². The molecule has 0 bridgehead atoms. The van der Waals surface area contributed by atoms with Crippen molar-refractivity contribution in [3.8, 4) is 0 Å². The number of alkyl halides is 3. The third kappa shape index (κ3) is 4.15. The van der Waals surface area contributed by atoms with E-state index in [2.05, 4.69) is 5.32 Å². The normalized spacial score (nSPS) is 15.8. The largest absolute Gasteiger partial charge is 0.483 e. The molecule has 0 amide bonds. The molecule has 4 nitrogen and oxygen atoms in total. The molecule has 2 aliphatic carbocycles. The van der Waals surface area contributed by atoms with Gasteiger partial charge in [-0.2, -0.15) is 0 Å². The lowest BCUT2D eigenvalue weighted by Gasteiger charge is -2.19. The van der Waals surface area contributed by atoms with Gasteiger partial charge in [0.2, 0.25) is 3.79 Å². The van der Waals surface area contributed by atoms with Gasteiger partial charge in [0.25, 0.3) is 6.47 Å². The van der Waals surface area contributed by atoms with E-state index < -0.39 is 3.79 Å². The first-order valence-corrected chi connectivity index (χ1v) is 8.01. The van der Waals surface area contributed by atoms with Crippen molar-refractivity contribution in [2.24, 2.45) is 0 Å². The summed E-state index contributed by atoms with van der Waals surface area (Å²) in [6.45, 7) is 0.0978. The number of carbonyl (C=O) groups is 1. The maximum absolute atomic E-state index is 8.36. The molecule has 2 N–H and O–H groups in total. The second-order valence-electron chi connectivity index (χ2n) is 5.12. The third-order valence-corrected chi connectivity index (χ3v) is 4.12. The Morgan fingerprint density at radius 2 is 1.57 bits per heavy atom. The number of nitrogens with zero attached hydrogens (tertiary/aromatic N) is 1. The maximum Gasteiger partial charge on any atom is 0.290 e. The summed E-state index contributed by atoms with van der Waals surface area (Å²) in [6.07, 6.45) is 6.74. The fourth-order valence-corrected chi connectivity index (χ4v) is 3.19. The number of hydrogen-bond acceptors (Lipinski definition) is 3. The van der Waals surface area contributed by atoms with Crippen LogP contribution in [0.2, 0.25) is 0 Å². The van der Waals surface area contributed by atoms with Gasteiger partial charge in [-0.25, -0.2) is 0 Å². The van der Waals surface area contributed by atoms with Crippen molar-refractivity contribution < 1.29 is 9.90 Å². The molecule has 7 heteroatoms. The van der Waals surface area contributed by atoms with Crippen LogP contribution in [0.3, 0.4) is 0 Å². The molecule has 116 valence electrons. The molecular formula is C14H17Cl3N2O2. The van der Waals surface area contributed by atoms with Gasteiger partial charge in [0.1, 0.15) is 0 Å². The number of pyridine rings is 1. The lowest BCUT2D eigenvalue weighted by Crippen LogP contribution is -2.20. The van der Waals surface area contributed by atoms with Gasteiger partial charge in [0.15, 0.2) is 0 Å². The lowest BCUT2D eigenvalue weighted by atomic mass is 10.1. The molecule has 1 aromatic heterocycles. The quantitative estimate of drug-likeness (QED) is 0.632. The van der Waals surface area contributed by atoms with E-state index in [4.69, 9.17) is 49.7 Å². The number of halogens is 3. The van der Waals surface area contributed by atoms with Crippen LogP contribution in [0.25, 0.3) is 0 Å². The van der Waals surface area contributed by atoms with Gasteiger partial charge in [0.05, 0.1) is 6.54 Å². The predicted molar refractivity (Wildman–Crippen MR) is 85.8 cm³/mol. The van der Waals surface area contributed by atoms with Crippen LogP contribution in [0.5, 0.6) is 0 Å². The molecule has 0 unspecified atom stereocenters. The molecule has 0 aliphatic heterocycles. The molecule has 0 saturated carbocycles. The van der Waals surface area contributed by atoms with Crippen LogP contribution >= 0.6 is 34.8 Å². The standard InChI is InChI=1S/C13H15Cl3N2.CH2O2/c14-13(15,16)7-17-12-8-3-1-5-10(8)18-11-6-2-4-9(11)12;2-1-3/h1-7H2,(H,17,18);1H,(H,2,3). The van der Waals surface area contributed by atoms with Crippen molar-refractivity contribution in [3.63, 3.8) is 0 Å². The number of aromatic nitrogens is 1. The molecule has 1 aromatic rings. The molecule has 3 rings (SSSR count). The second kappa shape index (κ2) is 7.03. The Morgan fingerprint density at radius 3 is 2.00 bits per heavy atom. The third-order valence-electron chi connectivity index (χ3n) is 3.72. The molecule has 0 spiro atoms. The van der Waals surface area contributed by atoms with Crippen LogP contribution in [0.4, 0.5) is 5.69 Å². The maximum atomic E-state index is 8.36. The highest BCUT2D eigenvalue weighted by Gasteiger charge is 2.27. The fraction of sp³-hybridized carbons (Fsp3) is 0.571. The van der Waals surface area contributed by atoms with E-state index in [1.165, 1.54) is 41.0 Å². The highest BCUT2D eigenvalue weighted by molar-refractivity contribution is 6.67. The Hall–Kier alpha value is -0.710. The van der Waals surface area contributed by atoms with Crippen molar-refractivity contribution in [2.45, 2.75) is 42.3 Å². The molecule has 21 heavy (non-hydrogen) atoms. The Morgan fingerprint density at radius 1 is 1.10 bits per heavy atom. The number of anilines is 1. The van der Waals surface area contributed by atoms with Crippen molar-refractivity contribution >= 4 is 47.0 Å². The minimum absolute atomic E-state index is 0.250. The highest BCUT2D eigenvalue weighted by Crippen LogP contribution is 2.37. The average molecular weight is 352 g/mol. The Bertz CT molecular complexity index is 498. The van der Waals surface area contributed by atoms with Gasteiger partial charge in [-0.05, 0) is 49.7 Å². The van der Waals surface area contributed by atoms with Crippen LogP contribution in [0, 0.1) is 0 Å². The van der Waals surface area contributed by atoms with E-state index in [0.29, 0.717) is 6.54 Å². The minimum atomic E-state index is -1.25. The van der Waals surface area contributed by atoms with E-state index in [9.17, 15) is 0 Å². The Balaban J connectivity index is 0.000000497. The zero-order valence-corrected chi connectivity index (χ0v) is 13.7. The van der Waals surface area contributed by atoms with Gasteiger partial charge in [0, 0.05) is 17.1 Å². The average Bonchev–Trinajstić information content (AvgIpc) is 3.01. The number of nitrogens with one attached hydrogen (secondary N) is 1. The summed E-state index contributed by atoms with van der Waals surface area (Å²) in [5.41, 5.74) is 6.41. The van der Waals surface area contributed by atoms with E-state index in [1.807, 2.05) is 0 Å². The molecule has 1 heterocycles. The fourth-order valence-electron chi connectivity index (χ4n) is 2.99. The number of rotatable bonds is 2. The summed E-state index contributed by atoms with van der Waals surface area (Å²) in [7, 11) is 0. The van der Waals surface area contributed by atoms with Gasteiger partial charge < -0.3 is 10.4 Å². The minimum Gasteiger partial charge on any atom is -0.483 e. The molecular weight excluding hydrogens is 335 g/mol. The SMILES string of the molecule is ClC(Cl)(Cl)CNc1c2c(nc3c1CCC3)CCC2.O=CO. The van der Waals surface area contributed by atoms with E-state index in [0.717, 1.165) is 25.7 Å². The molecule has 2 aliphatic rings. The Kier molecular flexibility index (Phi) is 5.58. The molecule has 0 fully saturated rings. The monoisotopic (exact) mass is 350 g/mol. The summed E-state index contributed by atoms with van der Waals surface area (Å²) in [4.78, 5) is 13.2. The second-order valence-corrected chi connectivity index (χ2v) is 7.63. The summed E-state index contributed by atoms with van der Waals surface area (Å²) in [5.74, 6) is 0. The van der Waals surface area contributed by atoms with Crippen LogP contribution in [0.1, 0.15) is 35.4 Å². The molecule has 0 radical (unpaired) electrons. The zero-order valence-electron chi connectivity index (χ0n) is 11.5. The van der Waals surface area contributed by atoms with Crippen molar-refractivity contribution in [1.29, 1.82) is 0 Å². The number of carboxylic acid groups (broad SMARTS) is 1. The van der Waals surface area contributed by atoms with Crippen molar-refractivity contribution in [3.05, 3.63) is 22.5 Å². The smallest absolute Gasteiger partial charge is 0.290 e. The summed E-state index contributed by atoms with van der Waals surface area (Å²) in [6, 6.07) is 0. The first kappa shape index (κ1) is 16.7. The number of hydrogen-bond donors (Lipinski definition) is 2. The van der Waals surface area contributed by atoms with Gasteiger partial charge >= 0.3 is 0 Å². The summed E-state index contributed by atoms with van der Waals surface area (Å²) >= 11 is 17.5. The molecule has 0 aromatic carbocycles. The van der Waals surface area contributed by atoms with Crippen LogP contribution < -0.4 is 5.32 Å². The summed E-state index contributed by atoms with van der Waals surface area (Å²) < 4.78 is -1.25. The highest BCUT2D eigenvalue weighted by atomic mass is 35.6. The van der Waals surface area contributed by atoms with E-state index >= 15 is 0 Å². The predicted octanol–water partition coefficient (Wildman–Crippen LogP) is 3.54. The first-order chi connectivity index (χ1) is 9.96. The van der Waals surface area contributed by atoms with Gasteiger partial charge in [-0.15, -0.1) is 0 Å². The Labute approximate surface area is 138 Å². The number of fused-ring (bicyclic) bond motifs is 2. The van der Waals surface area contributed by atoms with Gasteiger partial charge in [-0.1, -0.05) is 34.8 Å². The summed E-state index contributed by atoms with van der Waals surface area (Å²) in [5, 5.41) is 10.2. The lowest BCUT2D eigenvalue weighted by molar-refractivity contribution is -0.122. The van der Waals surface area contributed by atoms with E-state index in [1.54, 1.807) is 0 Å². The topological polar surface area (TPSA) is 62.2 Å². The van der Waals surface area contributed by atoms with Crippen LogP contribution in [0.15, 0.2) is 0 Å². The zero-order chi connectivity index (χ0) is 15.5. The van der Waals surface area contributed by atoms with Crippen LogP contribution in [-0.2, 0) is 30.5 Å². The van der Waals surface area contributed by atoms with Gasteiger partial charge in [-0.3, -0.25) is 9.78 Å². The van der Waals surface area contributed by atoms with Crippen LogP contribution in [-0.4, -0.2) is 26.9 Å². The van der Waals surface area contributed by atoms with Crippen molar-refractivity contribution in [1.82, 2.24) is 4.98 Å². The number of aryl methyl sites for hydroxylation is 2. The molecule has 0 atom stereocenters. The first-order valence-electron chi connectivity index (χ1n) is 6.88. The van der Waals surface area contributed by atoms with Crippen molar-refractivity contribution in [2.75, 3.05) is 11.9 Å². The molecule has 0 saturated heterocycles.